The molecule has 0 spiro atoms. The molecule has 1 aliphatic rings. The summed E-state index contributed by atoms with van der Waals surface area (Å²) in [5.41, 5.74) is 1.28. The summed E-state index contributed by atoms with van der Waals surface area (Å²) < 4.78 is 13.6. The number of nitrogens with one attached hydrogen (secondary N) is 1. The lowest BCUT2D eigenvalue weighted by molar-refractivity contribution is 0.0953. The summed E-state index contributed by atoms with van der Waals surface area (Å²) in [6, 6.07) is 5.11. The molecule has 7 heteroatoms. The minimum atomic E-state index is -0.487. The number of rotatable bonds is 5. The molecule has 1 aliphatic heterocycles. The summed E-state index contributed by atoms with van der Waals surface area (Å²) in [4.78, 5) is 19.8. The van der Waals surface area contributed by atoms with Crippen molar-refractivity contribution >= 4 is 28.8 Å². The van der Waals surface area contributed by atoms with Gasteiger partial charge in [0.2, 0.25) is 0 Å². The van der Waals surface area contributed by atoms with Gasteiger partial charge in [0.25, 0.3) is 5.91 Å². The Kier molecular flexibility index (Phi) is 5.71. The van der Waals surface area contributed by atoms with Crippen molar-refractivity contribution < 1.29 is 9.18 Å². The van der Waals surface area contributed by atoms with E-state index in [9.17, 15) is 9.18 Å². The van der Waals surface area contributed by atoms with Gasteiger partial charge in [-0.2, -0.15) is 0 Å². The van der Waals surface area contributed by atoms with Crippen molar-refractivity contribution in [2.24, 2.45) is 0 Å². The van der Waals surface area contributed by atoms with Crippen LogP contribution in [0.5, 0.6) is 0 Å². The van der Waals surface area contributed by atoms with Crippen LogP contribution in [0.1, 0.15) is 34.6 Å². The van der Waals surface area contributed by atoms with Gasteiger partial charge in [0.1, 0.15) is 15.7 Å². The van der Waals surface area contributed by atoms with Crippen LogP contribution in [0, 0.1) is 12.7 Å². The van der Waals surface area contributed by atoms with E-state index in [-0.39, 0.29) is 10.9 Å². The molecular weight excluding hydrogens is 361 g/mol. The van der Waals surface area contributed by atoms with Gasteiger partial charge in [-0.05, 0) is 51.9 Å². The van der Waals surface area contributed by atoms with Crippen molar-refractivity contribution in [2.75, 3.05) is 20.1 Å². The fourth-order valence-corrected chi connectivity index (χ4v) is 4.23. The van der Waals surface area contributed by atoms with Crippen molar-refractivity contribution in [2.45, 2.75) is 32.2 Å². The van der Waals surface area contributed by atoms with E-state index in [1.165, 1.54) is 36.3 Å². The first kappa shape index (κ1) is 18.3. The van der Waals surface area contributed by atoms with Gasteiger partial charge in [-0.3, -0.25) is 4.79 Å². The number of likely N-dealkylation sites (tertiary alicyclic amines) is 1. The van der Waals surface area contributed by atoms with Gasteiger partial charge in [-0.25, -0.2) is 9.37 Å². The zero-order valence-electron chi connectivity index (χ0n) is 14.3. The van der Waals surface area contributed by atoms with Gasteiger partial charge >= 0.3 is 0 Å². The van der Waals surface area contributed by atoms with E-state index in [0.29, 0.717) is 33.7 Å². The van der Waals surface area contributed by atoms with Crippen molar-refractivity contribution in [3.63, 3.8) is 0 Å². The van der Waals surface area contributed by atoms with E-state index in [1.54, 1.807) is 13.0 Å². The van der Waals surface area contributed by atoms with Crippen LogP contribution in [-0.2, 0) is 0 Å². The van der Waals surface area contributed by atoms with Crippen molar-refractivity contribution in [1.82, 2.24) is 15.2 Å². The summed E-state index contributed by atoms with van der Waals surface area (Å²) in [5, 5.41) is 3.68. The van der Waals surface area contributed by atoms with E-state index < -0.39 is 5.82 Å². The fraction of sp³-hybridized carbons (Fsp3) is 0.444. The molecule has 0 radical (unpaired) electrons. The molecule has 1 amide bonds. The fourth-order valence-electron chi connectivity index (χ4n) is 3.14. The standard InChI is InChI=1S/C18H21ClFN3OS/c1-11-16(17(24)21-8-7-13-4-3-9-23(13)2)25-18(22-11)12-5-6-14(19)15(20)10-12/h5-6,10,13H,3-4,7-9H2,1-2H3,(H,21,24). The van der Waals surface area contributed by atoms with Gasteiger partial charge < -0.3 is 10.2 Å². The van der Waals surface area contributed by atoms with Crippen LogP contribution in [0.2, 0.25) is 5.02 Å². The Balaban J connectivity index is 1.65. The molecule has 2 aromatic rings. The maximum atomic E-state index is 13.6. The van der Waals surface area contributed by atoms with Crippen molar-refractivity contribution in [1.29, 1.82) is 0 Å². The van der Waals surface area contributed by atoms with Gasteiger partial charge in [0, 0.05) is 18.2 Å². The number of thiazole rings is 1. The third kappa shape index (κ3) is 4.19. The molecule has 0 aliphatic carbocycles. The lowest BCUT2D eigenvalue weighted by Crippen LogP contribution is -2.31. The smallest absolute Gasteiger partial charge is 0.263 e. The number of aromatic nitrogens is 1. The Morgan fingerprint density at radius 2 is 2.32 bits per heavy atom. The van der Waals surface area contributed by atoms with Crippen LogP contribution in [0.3, 0.4) is 0 Å². The monoisotopic (exact) mass is 381 g/mol. The molecule has 25 heavy (non-hydrogen) atoms. The zero-order chi connectivity index (χ0) is 18.0. The lowest BCUT2D eigenvalue weighted by atomic mass is 10.1. The van der Waals surface area contributed by atoms with E-state index in [4.69, 9.17) is 11.6 Å². The van der Waals surface area contributed by atoms with Crippen molar-refractivity contribution in [3.8, 4) is 10.6 Å². The molecule has 3 rings (SSSR count). The molecule has 1 aromatic carbocycles. The number of aryl methyl sites for hydroxylation is 1. The number of benzene rings is 1. The number of hydrogen-bond acceptors (Lipinski definition) is 4. The average Bonchev–Trinajstić information content (AvgIpc) is 3.16. The minimum absolute atomic E-state index is 0.0758. The van der Waals surface area contributed by atoms with Crippen molar-refractivity contribution in [3.05, 3.63) is 39.6 Å². The molecule has 1 N–H and O–H groups in total. The molecule has 1 saturated heterocycles. The van der Waals surface area contributed by atoms with Gasteiger partial charge in [-0.1, -0.05) is 17.7 Å². The van der Waals surface area contributed by atoms with Gasteiger partial charge in [0.15, 0.2) is 0 Å². The maximum Gasteiger partial charge on any atom is 0.263 e. The summed E-state index contributed by atoms with van der Waals surface area (Å²) in [6.45, 7) is 3.58. The van der Waals surface area contributed by atoms with Crippen LogP contribution >= 0.6 is 22.9 Å². The number of nitrogens with zero attached hydrogens (tertiary/aromatic N) is 2. The molecule has 4 nitrogen and oxygen atoms in total. The van der Waals surface area contributed by atoms with E-state index >= 15 is 0 Å². The summed E-state index contributed by atoms with van der Waals surface area (Å²) >= 11 is 6.99. The second kappa shape index (κ2) is 7.81. The Bertz CT molecular complexity index is 780. The highest BCUT2D eigenvalue weighted by molar-refractivity contribution is 7.17. The second-order valence-corrected chi connectivity index (χ2v) is 7.79. The molecule has 1 unspecified atom stereocenters. The quantitative estimate of drug-likeness (QED) is 0.847. The van der Waals surface area contributed by atoms with Crippen LogP contribution in [0.4, 0.5) is 4.39 Å². The molecule has 1 atom stereocenters. The highest BCUT2D eigenvalue weighted by Crippen LogP contribution is 2.30. The third-order valence-corrected chi connectivity index (χ3v) is 6.12. The Morgan fingerprint density at radius 3 is 3.00 bits per heavy atom. The predicted molar refractivity (Wildman–Crippen MR) is 99.9 cm³/mol. The maximum absolute atomic E-state index is 13.6. The summed E-state index contributed by atoms with van der Waals surface area (Å²) in [5.74, 6) is -0.602. The SMILES string of the molecule is Cc1nc(-c2ccc(Cl)c(F)c2)sc1C(=O)NCCC1CCCN1C. The van der Waals surface area contributed by atoms with Crippen LogP contribution in [0.15, 0.2) is 18.2 Å². The highest BCUT2D eigenvalue weighted by atomic mass is 35.5. The van der Waals surface area contributed by atoms with Crippen LogP contribution in [-0.4, -0.2) is 42.0 Å². The number of carbonyl (C=O) groups excluding carboxylic acids is 1. The number of carbonyl (C=O) groups is 1. The summed E-state index contributed by atoms with van der Waals surface area (Å²) in [6.07, 6.45) is 3.37. The molecule has 2 heterocycles. The lowest BCUT2D eigenvalue weighted by Gasteiger charge is -2.19. The highest BCUT2D eigenvalue weighted by Gasteiger charge is 2.21. The number of halogens is 2. The molecule has 1 fully saturated rings. The van der Waals surface area contributed by atoms with E-state index in [0.717, 1.165) is 13.0 Å². The Morgan fingerprint density at radius 1 is 1.52 bits per heavy atom. The predicted octanol–water partition coefficient (Wildman–Crippen LogP) is 4.13. The second-order valence-electron chi connectivity index (χ2n) is 6.38. The molecule has 0 bridgehead atoms. The molecule has 0 saturated carbocycles. The molecule has 1 aromatic heterocycles. The third-order valence-electron chi connectivity index (χ3n) is 4.60. The zero-order valence-corrected chi connectivity index (χ0v) is 15.9. The van der Waals surface area contributed by atoms with E-state index in [2.05, 4.69) is 22.2 Å². The topological polar surface area (TPSA) is 45.2 Å². The molecular formula is C18H21ClFN3OS. The first-order valence-electron chi connectivity index (χ1n) is 8.37. The first-order chi connectivity index (χ1) is 12.0. The Labute approximate surface area is 156 Å². The van der Waals surface area contributed by atoms with Gasteiger partial charge in [0.05, 0.1) is 10.7 Å². The van der Waals surface area contributed by atoms with Crippen LogP contribution in [0.25, 0.3) is 10.6 Å². The number of amides is 1. The van der Waals surface area contributed by atoms with Crippen LogP contribution < -0.4 is 5.32 Å². The summed E-state index contributed by atoms with van der Waals surface area (Å²) in [7, 11) is 2.13. The number of hydrogen-bond donors (Lipinski definition) is 1. The first-order valence-corrected chi connectivity index (χ1v) is 9.56. The average molecular weight is 382 g/mol. The largest absolute Gasteiger partial charge is 0.351 e. The van der Waals surface area contributed by atoms with Gasteiger partial charge in [-0.15, -0.1) is 11.3 Å². The Hall–Kier alpha value is -1.50. The molecule has 134 valence electrons. The minimum Gasteiger partial charge on any atom is -0.351 e. The van der Waals surface area contributed by atoms with E-state index in [1.807, 2.05) is 0 Å². The normalized spacial score (nSPS) is 17.8.